The van der Waals surface area contributed by atoms with Gasteiger partial charge >= 0.3 is 0 Å². The third kappa shape index (κ3) is 2.60. The Kier molecular flexibility index (Phi) is 3.83. The average molecular weight is 260 g/mol. The monoisotopic (exact) mass is 260 g/mol. The zero-order chi connectivity index (χ0) is 14.0. The maximum Gasteiger partial charge on any atom is 0.243 e. The second-order valence-corrected chi connectivity index (χ2v) is 5.99. The number of primary amides is 1. The van der Waals surface area contributed by atoms with E-state index in [1.807, 2.05) is 12.1 Å². The largest absolute Gasteiger partial charge is 0.371 e. The van der Waals surface area contributed by atoms with Crippen LogP contribution in [0.5, 0.6) is 0 Å². The zero-order valence-electron chi connectivity index (χ0n) is 12.1. The standard InChI is InChI=1S/C16H24N2O/c1-11-6-4-8-14(10-11)18-16(15(17)19)9-5-7-12(2)13(16)3/h4,6,8,10,12-13,18H,5,7,9H2,1-3H3,(H2,17,19). The van der Waals surface area contributed by atoms with Crippen LogP contribution in [-0.2, 0) is 4.79 Å². The van der Waals surface area contributed by atoms with E-state index in [0.29, 0.717) is 5.92 Å². The number of carbonyl (C=O) groups is 1. The van der Waals surface area contributed by atoms with Gasteiger partial charge in [0.25, 0.3) is 0 Å². The molecule has 0 saturated heterocycles. The molecule has 0 bridgehead atoms. The highest BCUT2D eigenvalue weighted by Crippen LogP contribution is 2.39. The number of nitrogens with one attached hydrogen (secondary N) is 1. The summed E-state index contributed by atoms with van der Waals surface area (Å²) in [7, 11) is 0. The van der Waals surface area contributed by atoms with Crippen molar-refractivity contribution in [1.29, 1.82) is 0 Å². The van der Waals surface area contributed by atoms with E-state index in [1.54, 1.807) is 0 Å². The van der Waals surface area contributed by atoms with E-state index >= 15 is 0 Å². The molecular formula is C16H24N2O. The van der Waals surface area contributed by atoms with Gasteiger partial charge in [-0.15, -0.1) is 0 Å². The molecule has 0 heterocycles. The fraction of sp³-hybridized carbons (Fsp3) is 0.562. The van der Waals surface area contributed by atoms with Gasteiger partial charge in [-0.3, -0.25) is 4.79 Å². The zero-order valence-corrected chi connectivity index (χ0v) is 12.1. The SMILES string of the molecule is Cc1cccc(NC2(C(N)=O)CCCC(C)C2C)c1. The fourth-order valence-electron chi connectivity index (χ4n) is 3.23. The summed E-state index contributed by atoms with van der Waals surface area (Å²) in [6, 6.07) is 8.12. The van der Waals surface area contributed by atoms with E-state index in [-0.39, 0.29) is 11.8 Å². The molecule has 2 rings (SSSR count). The van der Waals surface area contributed by atoms with Crippen LogP contribution in [0.15, 0.2) is 24.3 Å². The Hall–Kier alpha value is -1.51. The lowest BCUT2D eigenvalue weighted by Gasteiger charge is -2.44. The lowest BCUT2D eigenvalue weighted by atomic mass is 9.67. The molecule has 3 nitrogen and oxygen atoms in total. The van der Waals surface area contributed by atoms with Gasteiger partial charge in [-0.2, -0.15) is 0 Å². The van der Waals surface area contributed by atoms with Crippen LogP contribution in [0, 0.1) is 18.8 Å². The van der Waals surface area contributed by atoms with Crippen molar-refractivity contribution in [3.63, 3.8) is 0 Å². The molecule has 3 heteroatoms. The molecule has 3 N–H and O–H groups in total. The van der Waals surface area contributed by atoms with Crippen molar-refractivity contribution in [1.82, 2.24) is 0 Å². The number of amides is 1. The van der Waals surface area contributed by atoms with E-state index in [2.05, 4.69) is 38.2 Å². The Bertz CT molecular complexity index is 472. The van der Waals surface area contributed by atoms with E-state index in [1.165, 1.54) is 12.0 Å². The molecule has 3 unspecified atom stereocenters. The molecule has 1 saturated carbocycles. The predicted octanol–water partition coefficient (Wildman–Crippen LogP) is 3.09. The number of hydrogen-bond donors (Lipinski definition) is 2. The molecule has 1 aliphatic carbocycles. The first-order chi connectivity index (χ1) is 8.95. The summed E-state index contributed by atoms with van der Waals surface area (Å²) in [5, 5.41) is 3.44. The Balaban J connectivity index is 2.32. The maximum absolute atomic E-state index is 12.1. The Labute approximate surface area is 115 Å². The number of nitrogens with two attached hydrogens (primary N) is 1. The van der Waals surface area contributed by atoms with E-state index < -0.39 is 5.54 Å². The van der Waals surface area contributed by atoms with Gasteiger partial charge in [0.05, 0.1) is 0 Å². The van der Waals surface area contributed by atoms with Crippen LogP contribution in [0.3, 0.4) is 0 Å². The normalized spacial score (nSPS) is 30.9. The molecule has 1 aliphatic rings. The molecular weight excluding hydrogens is 236 g/mol. The third-order valence-corrected chi connectivity index (χ3v) is 4.69. The smallest absolute Gasteiger partial charge is 0.243 e. The highest BCUT2D eigenvalue weighted by atomic mass is 16.1. The van der Waals surface area contributed by atoms with Crippen molar-refractivity contribution in [2.24, 2.45) is 17.6 Å². The number of carbonyl (C=O) groups excluding carboxylic acids is 1. The Morgan fingerprint density at radius 3 is 2.79 bits per heavy atom. The molecule has 1 aromatic rings. The summed E-state index contributed by atoms with van der Waals surface area (Å²) < 4.78 is 0. The number of hydrogen-bond acceptors (Lipinski definition) is 2. The van der Waals surface area contributed by atoms with Crippen molar-refractivity contribution in [3.8, 4) is 0 Å². The van der Waals surface area contributed by atoms with Crippen molar-refractivity contribution in [2.45, 2.75) is 45.6 Å². The summed E-state index contributed by atoms with van der Waals surface area (Å²) in [4.78, 5) is 12.1. The number of anilines is 1. The van der Waals surface area contributed by atoms with Gasteiger partial charge in [-0.1, -0.05) is 38.8 Å². The van der Waals surface area contributed by atoms with Crippen LogP contribution in [0.4, 0.5) is 5.69 Å². The minimum Gasteiger partial charge on any atom is -0.371 e. The summed E-state index contributed by atoms with van der Waals surface area (Å²) >= 11 is 0. The first-order valence-electron chi connectivity index (χ1n) is 7.10. The summed E-state index contributed by atoms with van der Waals surface area (Å²) in [6.45, 7) is 6.39. The van der Waals surface area contributed by atoms with Crippen molar-refractivity contribution in [3.05, 3.63) is 29.8 Å². The number of rotatable bonds is 3. The van der Waals surface area contributed by atoms with Gasteiger partial charge in [-0.25, -0.2) is 0 Å². The molecule has 0 spiro atoms. The van der Waals surface area contributed by atoms with Crippen LogP contribution in [0.2, 0.25) is 0 Å². The summed E-state index contributed by atoms with van der Waals surface area (Å²) in [5.74, 6) is 0.533. The van der Waals surface area contributed by atoms with Crippen molar-refractivity contribution < 1.29 is 4.79 Å². The minimum absolute atomic E-state index is 0.229. The Morgan fingerprint density at radius 1 is 1.42 bits per heavy atom. The number of aryl methyl sites for hydroxylation is 1. The highest BCUT2D eigenvalue weighted by Gasteiger charge is 2.46. The second-order valence-electron chi connectivity index (χ2n) is 5.99. The molecule has 0 radical (unpaired) electrons. The second kappa shape index (κ2) is 5.24. The molecule has 1 aromatic carbocycles. The molecule has 104 valence electrons. The van der Waals surface area contributed by atoms with Gasteiger partial charge in [-0.05, 0) is 42.9 Å². The number of benzene rings is 1. The molecule has 1 amide bonds. The topological polar surface area (TPSA) is 55.1 Å². The van der Waals surface area contributed by atoms with Gasteiger partial charge < -0.3 is 11.1 Å². The lowest BCUT2D eigenvalue weighted by Crippen LogP contribution is -2.58. The lowest BCUT2D eigenvalue weighted by molar-refractivity contribution is -0.125. The van der Waals surface area contributed by atoms with Crippen molar-refractivity contribution >= 4 is 11.6 Å². The summed E-state index contributed by atoms with van der Waals surface area (Å²) in [5.41, 5.74) is 7.30. The van der Waals surface area contributed by atoms with Gasteiger partial charge in [0.2, 0.25) is 5.91 Å². The quantitative estimate of drug-likeness (QED) is 0.877. The third-order valence-electron chi connectivity index (χ3n) is 4.69. The van der Waals surface area contributed by atoms with Crippen LogP contribution in [-0.4, -0.2) is 11.4 Å². The van der Waals surface area contributed by atoms with Crippen LogP contribution >= 0.6 is 0 Å². The molecule has 3 atom stereocenters. The minimum atomic E-state index is -0.606. The molecule has 1 fully saturated rings. The highest BCUT2D eigenvalue weighted by molar-refractivity contribution is 5.88. The van der Waals surface area contributed by atoms with Crippen LogP contribution in [0.1, 0.15) is 38.7 Å². The van der Waals surface area contributed by atoms with Crippen molar-refractivity contribution in [2.75, 3.05) is 5.32 Å². The summed E-state index contributed by atoms with van der Waals surface area (Å²) in [6.07, 6.45) is 3.04. The molecule has 0 aromatic heterocycles. The Morgan fingerprint density at radius 2 is 2.16 bits per heavy atom. The first kappa shape index (κ1) is 13.9. The first-order valence-corrected chi connectivity index (χ1v) is 7.10. The van der Waals surface area contributed by atoms with Crippen LogP contribution in [0.25, 0.3) is 0 Å². The van der Waals surface area contributed by atoms with Crippen LogP contribution < -0.4 is 11.1 Å². The van der Waals surface area contributed by atoms with E-state index in [9.17, 15) is 4.79 Å². The van der Waals surface area contributed by atoms with Gasteiger partial charge in [0.1, 0.15) is 5.54 Å². The van der Waals surface area contributed by atoms with Gasteiger partial charge in [0.15, 0.2) is 0 Å². The van der Waals surface area contributed by atoms with E-state index in [0.717, 1.165) is 18.5 Å². The van der Waals surface area contributed by atoms with Gasteiger partial charge in [0, 0.05) is 5.69 Å². The predicted molar refractivity (Wildman–Crippen MR) is 78.9 cm³/mol. The molecule has 19 heavy (non-hydrogen) atoms. The van der Waals surface area contributed by atoms with E-state index in [4.69, 9.17) is 5.73 Å². The fourth-order valence-corrected chi connectivity index (χ4v) is 3.23. The maximum atomic E-state index is 12.1. The average Bonchev–Trinajstić information content (AvgIpc) is 2.35. The molecule has 0 aliphatic heterocycles.